The smallest absolute Gasteiger partial charge is 0.298 e. The van der Waals surface area contributed by atoms with Crippen molar-refractivity contribution in [1.82, 2.24) is 9.88 Å². The molecule has 24 heavy (non-hydrogen) atoms. The number of amides is 1. The molecular formula is C18H26N4O2. The summed E-state index contributed by atoms with van der Waals surface area (Å²) in [7, 11) is 0. The number of nitrogens with zero attached hydrogens (tertiary/aromatic N) is 3. The lowest BCUT2D eigenvalue weighted by atomic mass is 10.1. The number of para-hydroxylation sites is 2. The van der Waals surface area contributed by atoms with Crippen molar-refractivity contribution in [1.29, 1.82) is 0 Å². The highest BCUT2D eigenvalue weighted by Gasteiger charge is 2.23. The van der Waals surface area contributed by atoms with E-state index in [1.807, 2.05) is 29.2 Å². The SMILES string of the molecule is NCCCCCCC(=O)N1CCN(c2nc3ccccc3o2)CC1. The van der Waals surface area contributed by atoms with Crippen molar-refractivity contribution in [2.75, 3.05) is 37.6 Å². The van der Waals surface area contributed by atoms with E-state index in [0.29, 0.717) is 12.4 Å². The van der Waals surface area contributed by atoms with Crippen LogP contribution in [0.1, 0.15) is 32.1 Å². The highest BCUT2D eigenvalue weighted by Crippen LogP contribution is 2.22. The summed E-state index contributed by atoms with van der Waals surface area (Å²) in [4.78, 5) is 20.9. The first-order valence-electron chi connectivity index (χ1n) is 8.86. The largest absolute Gasteiger partial charge is 0.423 e. The van der Waals surface area contributed by atoms with E-state index in [1.54, 1.807) is 0 Å². The zero-order valence-corrected chi connectivity index (χ0v) is 14.1. The lowest BCUT2D eigenvalue weighted by Gasteiger charge is -2.33. The first-order valence-corrected chi connectivity index (χ1v) is 8.86. The zero-order valence-electron chi connectivity index (χ0n) is 14.1. The number of anilines is 1. The molecule has 0 radical (unpaired) electrons. The molecule has 0 unspecified atom stereocenters. The number of unbranched alkanes of at least 4 members (excludes halogenated alkanes) is 3. The molecule has 0 bridgehead atoms. The van der Waals surface area contributed by atoms with Crippen molar-refractivity contribution < 1.29 is 9.21 Å². The van der Waals surface area contributed by atoms with E-state index in [9.17, 15) is 4.79 Å². The third kappa shape index (κ3) is 4.06. The Morgan fingerprint density at radius 3 is 2.58 bits per heavy atom. The van der Waals surface area contributed by atoms with Gasteiger partial charge in [0.1, 0.15) is 5.52 Å². The van der Waals surface area contributed by atoms with Crippen LogP contribution >= 0.6 is 0 Å². The molecule has 2 heterocycles. The van der Waals surface area contributed by atoms with Crippen LogP contribution in [-0.2, 0) is 4.79 Å². The van der Waals surface area contributed by atoms with E-state index in [0.717, 1.165) is 69.5 Å². The number of aromatic nitrogens is 1. The highest BCUT2D eigenvalue weighted by atomic mass is 16.4. The summed E-state index contributed by atoms with van der Waals surface area (Å²) in [6.45, 7) is 3.75. The fraction of sp³-hybridized carbons (Fsp3) is 0.556. The second kappa shape index (κ2) is 8.15. The molecule has 0 aliphatic carbocycles. The fourth-order valence-electron chi connectivity index (χ4n) is 3.07. The maximum atomic E-state index is 12.3. The molecule has 0 saturated carbocycles. The van der Waals surface area contributed by atoms with Crippen molar-refractivity contribution in [2.24, 2.45) is 5.73 Å². The molecule has 1 amide bonds. The Morgan fingerprint density at radius 2 is 1.83 bits per heavy atom. The molecule has 1 aromatic carbocycles. The lowest BCUT2D eigenvalue weighted by Crippen LogP contribution is -2.48. The number of fused-ring (bicyclic) bond motifs is 1. The van der Waals surface area contributed by atoms with Crippen LogP contribution in [0.2, 0.25) is 0 Å². The predicted octanol–water partition coefficient (Wildman–Crippen LogP) is 2.39. The molecule has 130 valence electrons. The third-order valence-corrected chi connectivity index (χ3v) is 4.53. The van der Waals surface area contributed by atoms with Crippen molar-refractivity contribution in [2.45, 2.75) is 32.1 Å². The number of hydrogen-bond acceptors (Lipinski definition) is 5. The Bertz CT molecular complexity index is 629. The Morgan fingerprint density at radius 1 is 1.08 bits per heavy atom. The maximum absolute atomic E-state index is 12.3. The third-order valence-electron chi connectivity index (χ3n) is 4.53. The van der Waals surface area contributed by atoms with Gasteiger partial charge in [-0.3, -0.25) is 4.79 Å². The van der Waals surface area contributed by atoms with Gasteiger partial charge in [0.05, 0.1) is 0 Å². The molecule has 1 aliphatic rings. The predicted molar refractivity (Wildman–Crippen MR) is 94.9 cm³/mol. The van der Waals surface area contributed by atoms with Crippen LogP contribution in [-0.4, -0.2) is 48.5 Å². The van der Waals surface area contributed by atoms with Gasteiger partial charge in [-0.25, -0.2) is 0 Å². The average molecular weight is 330 g/mol. The van der Waals surface area contributed by atoms with E-state index in [1.165, 1.54) is 0 Å². The molecule has 6 nitrogen and oxygen atoms in total. The number of hydrogen-bond donors (Lipinski definition) is 1. The van der Waals surface area contributed by atoms with E-state index in [-0.39, 0.29) is 5.91 Å². The lowest BCUT2D eigenvalue weighted by molar-refractivity contribution is -0.131. The van der Waals surface area contributed by atoms with Gasteiger partial charge in [-0.05, 0) is 31.5 Å². The minimum atomic E-state index is 0.264. The van der Waals surface area contributed by atoms with Crippen molar-refractivity contribution in [3.8, 4) is 0 Å². The summed E-state index contributed by atoms with van der Waals surface area (Å²) in [6, 6.07) is 8.44. The van der Waals surface area contributed by atoms with Gasteiger partial charge < -0.3 is 20.0 Å². The van der Waals surface area contributed by atoms with Crippen LogP contribution in [0.5, 0.6) is 0 Å². The molecule has 0 atom stereocenters. The first kappa shape index (κ1) is 16.8. The number of nitrogens with two attached hydrogens (primary N) is 1. The van der Waals surface area contributed by atoms with Gasteiger partial charge in [-0.15, -0.1) is 0 Å². The summed E-state index contributed by atoms with van der Waals surface area (Å²) in [5, 5.41) is 0. The van der Waals surface area contributed by atoms with Crippen molar-refractivity contribution in [3.63, 3.8) is 0 Å². The number of carbonyl (C=O) groups excluding carboxylic acids is 1. The molecule has 3 rings (SSSR count). The van der Waals surface area contributed by atoms with Crippen molar-refractivity contribution >= 4 is 23.0 Å². The number of carbonyl (C=O) groups is 1. The summed E-state index contributed by atoms with van der Waals surface area (Å²) in [5.41, 5.74) is 7.17. The molecule has 1 fully saturated rings. The molecule has 2 aromatic rings. The van der Waals surface area contributed by atoms with Gasteiger partial charge in [-0.1, -0.05) is 25.0 Å². The normalized spacial score (nSPS) is 15.2. The molecule has 0 spiro atoms. The highest BCUT2D eigenvalue weighted by molar-refractivity contribution is 5.77. The number of rotatable bonds is 7. The first-order chi connectivity index (χ1) is 11.8. The fourth-order valence-corrected chi connectivity index (χ4v) is 3.07. The number of benzene rings is 1. The molecule has 1 aliphatic heterocycles. The quantitative estimate of drug-likeness (QED) is 0.789. The average Bonchev–Trinajstić information content (AvgIpc) is 3.05. The van der Waals surface area contributed by atoms with Crippen LogP contribution in [0.25, 0.3) is 11.1 Å². The molecule has 6 heteroatoms. The van der Waals surface area contributed by atoms with Gasteiger partial charge >= 0.3 is 0 Å². The molecular weight excluding hydrogens is 304 g/mol. The van der Waals surface area contributed by atoms with E-state index >= 15 is 0 Å². The minimum absolute atomic E-state index is 0.264. The second-order valence-corrected chi connectivity index (χ2v) is 6.28. The van der Waals surface area contributed by atoms with E-state index < -0.39 is 0 Å². The van der Waals surface area contributed by atoms with E-state index in [4.69, 9.17) is 10.2 Å². The Balaban J connectivity index is 1.46. The molecule has 1 aromatic heterocycles. The van der Waals surface area contributed by atoms with Gasteiger partial charge in [-0.2, -0.15) is 4.98 Å². The second-order valence-electron chi connectivity index (χ2n) is 6.28. The maximum Gasteiger partial charge on any atom is 0.298 e. The summed E-state index contributed by atoms with van der Waals surface area (Å²) < 4.78 is 5.81. The Labute approximate surface area is 142 Å². The zero-order chi connectivity index (χ0) is 16.8. The van der Waals surface area contributed by atoms with Gasteiger partial charge in [0.25, 0.3) is 6.01 Å². The van der Waals surface area contributed by atoms with Crippen LogP contribution < -0.4 is 10.6 Å². The molecule has 2 N–H and O–H groups in total. The minimum Gasteiger partial charge on any atom is -0.423 e. The number of oxazole rings is 1. The van der Waals surface area contributed by atoms with Crippen LogP contribution in [0.3, 0.4) is 0 Å². The summed E-state index contributed by atoms with van der Waals surface area (Å²) in [6.07, 6.45) is 4.87. The molecule has 1 saturated heterocycles. The summed E-state index contributed by atoms with van der Waals surface area (Å²) >= 11 is 0. The Kier molecular flexibility index (Phi) is 5.69. The monoisotopic (exact) mass is 330 g/mol. The summed E-state index contributed by atoms with van der Waals surface area (Å²) in [5.74, 6) is 0.264. The standard InChI is InChI=1S/C18H26N4O2/c19-10-6-2-1-3-9-17(23)21-11-13-22(14-12-21)18-20-15-7-4-5-8-16(15)24-18/h4-5,7-8H,1-3,6,9-14,19H2. The van der Waals surface area contributed by atoms with Gasteiger partial charge in [0.15, 0.2) is 5.58 Å². The topological polar surface area (TPSA) is 75.6 Å². The van der Waals surface area contributed by atoms with Gasteiger partial charge in [0.2, 0.25) is 5.91 Å². The number of piperazine rings is 1. The van der Waals surface area contributed by atoms with Crippen LogP contribution in [0, 0.1) is 0 Å². The van der Waals surface area contributed by atoms with Crippen LogP contribution in [0.15, 0.2) is 28.7 Å². The van der Waals surface area contributed by atoms with Crippen molar-refractivity contribution in [3.05, 3.63) is 24.3 Å². The van der Waals surface area contributed by atoms with E-state index in [2.05, 4.69) is 9.88 Å². The van der Waals surface area contributed by atoms with Crippen LogP contribution in [0.4, 0.5) is 6.01 Å². The van der Waals surface area contributed by atoms with Gasteiger partial charge in [0, 0.05) is 32.6 Å². The Hall–Kier alpha value is -2.08.